The summed E-state index contributed by atoms with van der Waals surface area (Å²) in [4.78, 5) is 7.68. The van der Waals surface area contributed by atoms with E-state index in [4.69, 9.17) is 23.2 Å². The molecule has 0 bridgehead atoms. The molecule has 0 radical (unpaired) electrons. The fourth-order valence-electron chi connectivity index (χ4n) is 0.799. The molecule has 0 unspecified atom stereocenters. The molecule has 1 heterocycles. The molecule has 0 aliphatic heterocycles. The van der Waals surface area contributed by atoms with Crippen LogP contribution in [0, 0.1) is 0 Å². The van der Waals surface area contributed by atoms with Crippen molar-refractivity contribution in [1.82, 2.24) is 15.3 Å². The molecule has 0 saturated heterocycles. The van der Waals surface area contributed by atoms with Crippen LogP contribution in [0.1, 0.15) is 19.4 Å². The number of nitrogens with one attached hydrogen (secondary N) is 1. The van der Waals surface area contributed by atoms with E-state index in [1.54, 1.807) is 6.20 Å². The summed E-state index contributed by atoms with van der Waals surface area (Å²) < 4.78 is 0. The minimum atomic E-state index is 0.179. The van der Waals surface area contributed by atoms with Gasteiger partial charge in [-0.05, 0) is 11.6 Å². The summed E-state index contributed by atoms with van der Waals surface area (Å²) in [5, 5.41) is 3.80. The first kappa shape index (κ1) is 10.7. The maximum atomic E-state index is 5.84. The standard InChI is InChI=1S/C8H11Cl2N3/c1-5(2)11-3-6-4-12-8(10)13-7(6)9/h4-5,11H,3H2,1-2H3. The highest BCUT2D eigenvalue weighted by atomic mass is 35.5. The Labute approximate surface area is 87.5 Å². The van der Waals surface area contributed by atoms with Crippen LogP contribution in [-0.2, 0) is 6.54 Å². The van der Waals surface area contributed by atoms with E-state index in [1.165, 1.54) is 0 Å². The molecule has 13 heavy (non-hydrogen) atoms. The summed E-state index contributed by atoms with van der Waals surface area (Å²) >= 11 is 11.4. The molecule has 0 aliphatic carbocycles. The van der Waals surface area contributed by atoms with E-state index in [9.17, 15) is 0 Å². The quantitative estimate of drug-likeness (QED) is 0.627. The molecule has 1 N–H and O–H groups in total. The highest BCUT2D eigenvalue weighted by Crippen LogP contribution is 2.13. The second-order valence-electron chi connectivity index (χ2n) is 2.99. The molecule has 1 aromatic rings. The van der Waals surface area contributed by atoms with E-state index < -0.39 is 0 Å². The van der Waals surface area contributed by atoms with Crippen molar-refractivity contribution in [3.8, 4) is 0 Å². The van der Waals surface area contributed by atoms with Crippen LogP contribution in [0.5, 0.6) is 0 Å². The lowest BCUT2D eigenvalue weighted by molar-refractivity contribution is 0.587. The summed E-state index contributed by atoms with van der Waals surface area (Å²) in [6.45, 7) is 4.78. The molecule has 0 aliphatic rings. The van der Waals surface area contributed by atoms with Crippen molar-refractivity contribution in [2.24, 2.45) is 0 Å². The van der Waals surface area contributed by atoms with Gasteiger partial charge in [-0.3, -0.25) is 0 Å². The third-order valence-electron chi connectivity index (χ3n) is 1.48. The van der Waals surface area contributed by atoms with Crippen LogP contribution in [0.2, 0.25) is 10.4 Å². The van der Waals surface area contributed by atoms with Crippen LogP contribution in [-0.4, -0.2) is 16.0 Å². The van der Waals surface area contributed by atoms with Crippen LogP contribution in [0.3, 0.4) is 0 Å². The first-order valence-electron chi connectivity index (χ1n) is 4.00. The number of hydrogen-bond acceptors (Lipinski definition) is 3. The van der Waals surface area contributed by atoms with E-state index in [1.807, 2.05) is 0 Å². The number of halogens is 2. The highest BCUT2D eigenvalue weighted by molar-refractivity contribution is 6.32. The predicted molar refractivity (Wildman–Crippen MR) is 54.0 cm³/mol. The number of hydrogen-bond donors (Lipinski definition) is 1. The van der Waals surface area contributed by atoms with E-state index >= 15 is 0 Å². The van der Waals surface area contributed by atoms with E-state index in [-0.39, 0.29) is 5.28 Å². The lowest BCUT2D eigenvalue weighted by Gasteiger charge is -2.08. The number of nitrogens with zero attached hydrogens (tertiary/aromatic N) is 2. The molecule has 0 fully saturated rings. The largest absolute Gasteiger partial charge is 0.310 e. The van der Waals surface area contributed by atoms with Gasteiger partial charge in [0.05, 0.1) is 0 Å². The number of rotatable bonds is 3. The van der Waals surface area contributed by atoms with Crippen molar-refractivity contribution in [2.45, 2.75) is 26.4 Å². The molecule has 5 heteroatoms. The number of aromatic nitrogens is 2. The van der Waals surface area contributed by atoms with Crippen molar-refractivity contribution < 1.29 is 0 Å². The van der Waals surface area contributed by atoms with Gasteiger partial charge in [0.25, 0.3) is 0 Å². The van der Waals surface area contributed by atoms with Gasteiger partial charge in [-0.15, -0.1) is 0 Å². The molecule has 0 atom stereocenters. The van der Waals surface area contributed by atoms with Gasteiger partial charge in [-0.2, -0.15) is 0 Å². The van der Waals surface area contributed by atoms with E-state index in [0.717, 1.165) is 5.56 Å². The van der Waals surface area contributed by atoms with Crippen molar-refractivity contribution >= 4 is 23.2 Å². The fourth-order valence-corrected chi connectivity index (χ4v) is 1.17. The average molecular weight is 220 g/mol. The zero-order valence-corrected chi connectivity index (χ0v) is 9.02. The minimum Gasteiger partial charge on any atom is -0.310 e. The molecule has 0 amide bonds. The maximum absolute atomic E-state index is 5.84. The maximum Gasteiger partial charge on any atom is 0.223 e. The fraction of sp³-hybridized carbons (Fsp3) is 0.500. The summed E-state index contributed by atoms with van der Waals surface area (Å²) in [7, 11) is 0. The van der Waals surface area contributed by atoms with Crippen molar-refractivity contribution in [3.05, 3.63) is 22.2 Å². The first-order valence-corrected chi connectivity index (χ1v) is 4.75. The molecule has 72 valence electrons. The van der Waals surface area contributed by atoms with Crippen LogP contribution in [0.25, 0.3) is 0 Å². The van der Waals surface area contributed by atoms with E-state index in [0.29, 0.717) is 17.7 Å². The zero-order chi connectivity index (χ0) is 9.84. The average Bonchev–Trinajstić information content (AvgIpc) is 2.02. The molecule has 0 aromatic carbocycles. The molecule has 3 nitrogen and oxygen atoms in total. The Balaban J connectivity index is 2.67. The van der Waals surface area contributed by atoms with Crippen LogP contribution >= 0.6 is 23.2 Å². The summed E-state index contributed by atoms with van der Waals surface area (Å²) in [5.41, 5.74) is 0.861. The first-order chi connectivity index (χ1) is 6.09. The van der Waals surface area contributed by atoms with Crippen LogP contribution in [0.4, 0.5) is 0 Å². The Morgan fingerprint density at radius 2 is 2.15 bits per heavy atom. The smallest absolute Gasteiger partial charge is 0.223 e. The van der Waals surface area contributed by atoms with Gasteiger partial charge in [0, 0.05) is 24.3 Å². The van der Waals surface area contributed by atoms with Gasteiger partial charge in [0.1, 0.15) is 5.15 Å². The van der Waals surface area contributed by atoms with Gasteiger partial charge < -0.3 is 5.32 Å². The summed E-state index contributed by atoms with van der Waals surface area (Å²) in [6.07, 6.45) is 1.63. The summed E-state index contributed by atoms with van der Waals surface area (Å²) in [6, 6.07) is 0.409. The second-order valence-corrected chi connectivity index (χ2v) is 3.69. The lowest BCUT2D eigenvalue weighted by Crippen LogP contribution is -2.22. The Kier molecular flexibility index (Phi) is 3.90. The molecule has 1 aromatic heterocycles. The topological polar surface area (TPSA) is 37.8 Å². The van der Waals surface area contributed by atoms with Crippen molar-refractivity contribution in [1.29, 1.82) is 0 Å². The SMILES string of the molecule is CC(C)NCc1cnc(Cl)nc1Cl. The molecular weight excluding hydrogens is 209 g/mol. The monoisotopic (exact) mass is 219 g/mol. The van der Waals surface area contributed by atoms with Crippen molar-refractivity contribution in [3.63, 3.8) is 0 Å². The molecule has 0 spiro atoms. The Morgan fingerprint density at radius 3 is 2.69 bits per heavy atom. The van der Waals surface area contributed by atoms with E-state index in [2.05, 4.69) is 29.1 Å². The Morgan fingerprint density at radius 1 is 1.46 bits per heavy atom. The predicted octanol–water partition coefficient (Wildman–Crippen LogP) is 2.28. The third-order valence-corrected chi connectivity index (χ3v) is 1.99. The second kappa shape index (κ2) is 4.74. The van der Waals surface area contributed by atoms with Crippen LogP contribution in [0.15, 0.2) is 6.20 Å². The molecular formula is C8H11Cl2N3. The third kappa shape index (κ3) is 3.46. The normalized spacial score (nSPS) is 10.8. The van der Waals surface area contributed by atoms with Gasteiger partial charge in [-0.1, -0.05) is 25.4 Å². The molecule has 0 saturated carbocycles. The molecule has 1 rings (SSSR count). The van der Waals surface area contributed by atoms with Gasteiger partial charge in [-0.25, -0.2) is 9.97 Å². The van der Waals surface area contributed by atoms with Gasteiger partial charge in [0.15, 0.2) is 0 Å². The Hall–Kier alpha value is -0.380. The van der Waals surface area contributed by atoms with Gasteiger partial charge in [0.2, 0.25) is 5.28 Å². The Bertz CT molecular complexity index is 289. The van der Waals surface area contributed by atoms with Gasteiger partial charge >= 0.3 is 0 Å². The van der Waals surface area contributed by atoms with Crippen molar-refractivity contribution in [2.75, 3.05) is 0 Å². The zero-order valence-electron chi connectivity index (χ0n) is 7.51. The minimum absolute atomic E-state index is 0.179. The van der Waals surface area contributed by atoms with Crippen LogP contribution < -0.4 is 5.32 Å². The lowest BCUT2D eigenvalue weighted by atomic mass is 10.3. The highest BCUT2D eigenvalue weighted by Gasteiger charge is 2.03. The summed E-state index contributed by atoms with van der Waals surface area (Å²) in [5.74, 6) is 0.